The minimum absolute atomic E-state index is 0.0751. The van der Waals surface area contributed by atoms with Crippen molar-refractivity contribution < 1.29 is 14.6 Å². The predicted molar refractivity (Wildman–Crippen MR) is 84.4 cm³/mol. The van der Waals surface area contributed by atoms with E-state index in [2.05, 4.69) is 11.8 Å². The zero-order chi connectivity index (χ0) is 15.3. The second-order valence-electron chi connectivity index (χ2n) is 6.79. The lowest BCUT2D eigenvalue weighted by molar-refractivity contribution is 0.0713. The molecule has 4 rings (SSSR count). The van der Waals surface area contributed by atoms with Gasteiger partial charge in [-0.3, -0.25) is 4.90 Å². The number of ether oxygens (including phenoxy) is 2. The van der Waals surface area contributed by atoms with Gasteiger partial charge in [-0.05, 0) is 37.3 Å². The van der Waals surface area contributed by atoms with Crippen LogP contribution >= 0.6 is 11.6 Å². The number of fused-ring (bicyclic) bond motifs is 3. The molecule has 3 aliphatic rings. The van der Waals surface area contributed by atoms with Crippen LogP contribution in [-0.2, 0) is 6.54 Å². The molecule has 2 bridgehead atoms. The van der Waals surface area contributed by atoms with Crippen LogP contribution in [0, 0.1) is 5.41 Å². The van der Waals surface area contributed by atoms with Crippen LogP contribution in [0.25, 0.3) is 0 Å². The van der Waals surface area contributed by atoms with Crippen LogP contribution in [0.3, 0.4) is 0 Å². The minimum atomic E-state index is 0.0751. The molecular weight excluding hydrogens is 302 g/mol. The Bertz CT molecular complexity index is 588. The fourth-order valence-electron chi connectivity index (χ4n) is 4.60. The van der Waals surface area contributed by atoms with E-state index < -0.39 is 0 Å². The smallest absolute Gasteiger partial charge is 0.231 e. The lowest BCUT2D eigenvalue weighted by Gasteiger charge is -2.35. The molecular formula is C17H22ClNO3. The van der Waals surface area contributed by atoms with E-state index in [0.29, 0.717) is 12.1 Å². The summed E-state index contributed by atoms with van der Waals surface area (Å²) in [5.74, 6) is 1.52. The molecule has 0 unspecified atom stereocenters. The van der Waals surface area contributed by atoms with Crippen molar-refractivity contribution in [1.82, 2.24) is 4.90 Å². The predicted octanol–water partition coefficient (Wildman–Crippen LogP) is 3.19. The highest BCUT2D eigenvalue weighted by Gasteiger charge is 2.54. The molecule has 1 N–H and O–H groups in total. The highest BCUT2D eigenvalue weighted by Crippen LogP contribution is 2.52. The molecule has 120 valence electrons. The van der Waals surface area contributed by atoms with E-state index in [1.807, 2.05) is 12.1 Å². The third-order valence-corrected chi connectivity index (χ3v) is 6.26. The van der Waals surface area contributed by atoms with Gasteiger partial charge in [0.25, 0.3) is 0 Å². The van der Waals surface area contributed by atoms with Crippen LogP contribution in [0.1, 0.15) is 38.2 Å². The van der Waals surface area contributed by atoms with Crippen molar-refractivity contribution >= 4 is 11.6 Å². The standard InChI is InChI=1S/C17H22ClNO3/c1-2-17(9-20)7-12-3-4-16(17)19(12)8-11-5-14-15(6-13(11)18)22-10-21-14/h5-6,12,16,20H,2-4,7-10H2,1H3/t12-,16+,17-/m0/s1. The summed E-state index contributed by atoms with van der Waals surface area (Å²) in [6.07, 6.45) is 4.55. The second kappa shape index (κ2) is 5.29. The number of benzene rings is 1. The average Bonchev–Trinajstić information content (AvgIpc) is 3.21. The van der Waals surface area contributed by atoms with Crippen LogP contribution in [0.5, 0.6) is 11.5 Å². The van der Waals surface area contributed by atoms with Gasteiger partial charge in [0.15, 0.2) is 11.5 Å². The topological polar surface area (TPSA) is 41.9 Å². The van der Waals surface area contributed by atoms with Crippen LogP contribution in [0.2, 0.25) is 5.02 Å². The molecule has 0 spiro atoms. The maximum Gasteiger partial charge on any atom is 0.231 e. The highest BCUT2D eigenvalue weighted by molar-refractivity contribution is 6.31. The van der Waals surface area contributed by atoms with Crippen LogP contribution in [0.4, 0.5) is 0 Å². The maximum absolute atomic E-state index is 9.91. The monoisotopic (exact) mass is 323 g/mol. The Labute approximate surface area is 136 Å². The molecule has 0 aliphatic carbocycles. The fraction of sp³-hybridized carbons (Fsp3) is 0.647. The van der Waals surface area contributed by atoms with Crippen molar-refractivity contribution in [2.24, 2.45) is 5.41 Å². The largest absolute Gasteiger partial charge is 0.454 e. The van der Waals surface area contributed by atoms with Crippen molar-refractivity contribution in [3.05, 3.63) is 22.7 Å². The van der Waals surface area contributed by atoms with Gasteiger partial charge in [-0.2, -0.15) is 0 Å². The van der Waals surface area contributed by atoms with Gasteiger partial charge in [-0.1, -0.05) is 18.5 Å². The lowest BCUT2D eigenvalue weighted by atomic mass is 9.72. The third kappa shape index (κ3) is 2.04. The quantitative estimate of drug-likeness (QED) is 0.924. The summed E-state index contributed by atoms with van der Waals surface area (Å²) in [7, 11) is 0. The number of rotatable bonds is 4. The van der Waals surface area contributed by atoms with Gasteiger partial charge < -0.3 is 14.6 Å². The van der Waals surface area contributed by atoms with E-state index in [4.69, 9.17) is 21.1 Å². The first-order valence-electron chi connectivity index (χ1n) is 8.11. The number of hydrogen-bond acceptors (Lipinski definition) is 4. The van der Waals surface area contributed by atoms with Crippen LogP contribution < -0.4 is 9.47 Å². The summed E-state index contributed by atoms with van der Waals surface area (Å²) in [4.78, 5) is 2.54. The Kier molecular flexibility index (Phi) is 3.51. The fourth-order valence-corrected chi connectivity index (χ4v) is 4.81. The first kappa shape index (κ1) is 14.6. The molecule has 2 saturated heterocycles. The molecule has 0 radical (unpaired) electrons. The Morgan fingerprint density at radius 3 is 2.77 bits per heavy atom. The van der Waals surface area contributed by atoms with Crippen molar-refractivity contribution in [2.45, 2.75) is 51.2 Å². The molecule has 5 heteroatoms. The van der Waals surface area contributed by atoms with Gasteiger partial charge >= 0.3 is 0 Å². The summed E-state index contributed by atoms with van der Waals surface area (Å²) in [6, 6.07) is 4.90. The van der Waals surface area contributed by atoms with Gasteiger partial charge in [-0.15, -0.1) is 0 Å². The lowest BCUT2D eigenvalue weighted by Crippen LogP contribution is -2.39. The summed E-state index contributed by atoms with van der Waals surface area (Å²) in [5, 5.41) is 10.7. The van der Waals surface area contributed by atoms with Gasteiger partial charge in [0, 0.05) is 35.1 Å². The Hall–Kier alpha value is -0.970. The van der Waals surface area contributed by atoms with Gasteiger partial charge in [0.05, 0.1) is 6.61 Å². The van der Waals surface area contributed by atoms with Crippen molar-refractivity contribution in [2.75, 3.05) is 13.4 Å². The zero-order valence-corrected chi connectivity index (χ0v) is 13.6. The van der Waals surface area contributed by atoms with E-state index in [1.165, 1.54) is 12.8 Å². The molecule has 22 heavy (non-hydrogen) atoms. The Morgan fingerprint density at radius 1 is 1.32 bits per heavy atom. The van der Waals surface area contributed by atoms with E-state index in [-0.39, 0.29) is 18.8 Å². The summed E-state index contributed by atoms with van der Waals surface area (Å²) >= 11 is 6.43. The molecule has 3 atom stereocenters. The molecule has 3 heterocycles. The second-order valence-corrected chi connectivity index (χ2v) is 7.20. The maximum atomic E-state index is 9.91. The molecule has 1 aromatic carbocycles. The van der Waals surface area contributed by atoms with E-state index >= 15 is 0 Å². The van der Waals surface area contributed by atoms with E-state index in [0.717, 1.165) is 41.5 Å². The van der Waals surface area contributed by atoms with E-state index in [1.54, 1.807) is 0 Å². The number of aliphatic hydroxyl groups is 1. The Morgan fingerprint density at radius 2 is 2.09 bits per heavy atom. The summed E-state index contributed by atoms with van der Waals surface area (Å²) in [5.41, 5.74) is 1.17. The number of aliphatic hydroxyl groups excluding tert-OH is 1. The Balaban J connectivity index is 1.60. The molecule has 1 aromatic rings. The first-order valence-corrected chi connectivity index (χ1v) is 8.49. The van der Waals surface area contributed by atoms with E-state index in [9.17, 15) is 5.11 Å². The average molecular weight is 324 g/mol. The SMILES string of the molecule is CC[C@@]1(CO)C[C@@H]2CC[C@H]1N2Cc1cc2c(cc1Cl)OCO2. The first-order chi connectivity index (χ1) is 10.7. The normalized spacial score (nSPS) is 32.9. The number of hydrogen-bond donors (Lipinski definition) is 1. The molecule has 4 nitrogen and oxygen atoms in total. The van der Waals surface area contributed by atoms with Crippen LogP contribution in [-0.4, -0.2) is 35.5 Å². The van der Waals surface area contributed by atoms with Gasteiger partial charge in [0.1, 0.15) is 0 Å². The molecule has 0 aromatic heterocycles. The molecule has 3 aliphatic heterocycles. The minimum Gasteiger partial charge on any atom is -0.454 e. The summed E-state index contributed by atoms with van der Waals surface area (Å²) in [6.45, 7) is 3.58. The third-order valence-electron chi connectivity index (χ3n) is 5.91. The van der Waals surface area contributed by atoms with Crippen molar-refractivity contribution in [1.29, 1.82) is 0 Å². The molecule has 0 amide bonds. The number of halogens is 1. The highest BCUT2D eigenvalue weighted by atomic mass is 35.5. The van der Waals surface area contributed by atoms with Crippen molar-refractivity contribution in [3.8, 4) is 11.5 Å². The molecule has 2 fully saturated rings. The summed E-state index contributed by atoms with van der Waals surface area (Å²) < 4.78 is 10.8. The zero-order valence-electron chi connectivity index (χ0n) is 12.8. The van der Waals surface area contributed by atoms with Crippen molar-refractivity contribution in [3.63, 3.8) is 0 Å². The van der Waals surface area contributed by atoms with Gasteiger partial charge in [-0.25, -0.2) is 0 Å². The molecule has 0 saturated carbocycles. The number of nitrogens with zero attached hydrogens (tertiary/aromatic N) is 1. The van der Waals surface area contributed by atoms with Gasteiger partial charge in [0.2, 0.25) is 6.79 Å². The van der Waals surface area contributed by atoms with Crippen LogP contribution in [0.15, 0.2) is 12.1 Å².